The van der Waals surface area contributed by atoms with Gasteiger partial charge in [0.2, 0.25) is 12.7 Å². The average molecular weight is 364 g/mol. The van der Waals surface area contributed by atoms with E-state index < -0.39 is 11.8 Å². The SMILES string of the molecule is O=C1CCCCN1c1cc2c(cc1N1C(=O)c3ccccc3C1=O)OCO2. The molecule has 0 saturated carbocycles. The molecule has 0 radical (unpaired) electrons. The van der Waals surface area contributed by atoms with E-state index in [1.54, 1.807) is 41.3 Å². The molecule has 2 aromatic carbocycles. The maximum absolute atomic E-state index is 13.0. The van der Waals surface area contributed by atoms with Crippen LogP contribution in [0.3, 0.4) is 0 Å². The fourth-order valence-corrected chi connectivity index (χ4v) is 3.78. The number of hydrogen-bond acceptors (Lipinski definition) is 5. The second kappa shape index (κ2) is 5.84. The molecule has 0 aromatic heterocycles. The Morgan fingerprint density at radius 1 is 0.815 bits per heavy atom. The van der Waals surface area contributed by atoms with Gasteiger partial charge in [0, 0.05) is 25.1 Å². The first-order valence-corrected chi connectivity index (χ1v) is 8.87. The van der Waals surface area contributed by atoms with Crippen molar-refractivity contribution in [2.75, 3.05) is 23.1 Å². The minimum Gasteiger partial charge on any atom is -0.454 e. The molecule has 0 aliphatic carbocycles. The van der Waals surface area contributed by atoms with Gasteiger partial charge in [-0.1, -0.05) is 12.1 Å². The first-order valence-electron chi connectivity index (χ1n) is 8.87. The van der Waals surface area contributed by atoms with Crippen LogP contribution in [0.5, 0.6) is 11.5 Å². The number of amides is 3. The maximum atomic E-state index is 13.0. The van der Waals surface area contributed by atoms with Crippen molar-refractivity contribution in [1.82, 2.24) is 0 Å². The average Bonchev–Trinajstić information content (AvgIpc) is 3.24. The Labute approximate surface area is 155 Å². The van der Waals surface area contributed by atoms with E-state index in [1.807, 2.05) is 0 Å². The summed E-state index contributed by atoms with van der Waals surface area (Å²) >= 11 is 0. The molecule has 3 heterocycles. The molecule has 27 heavy (non-hydrogen) atoms. The highest BCUT2D eigenvalue weighted by molar-refractivity contribution is 6.35. The molecule has 7 nitrogen and oxygen atoms in total. The number of benzene rings is 2. The van der Waals surface area contributed by atoms with Gasteiger partial charge in [-0.15, -0.1) is 0 Å². The van der Waals surface area contributed by atoms with E-state index in [0.29, 0.717) is 47.0 Å². The second-order valence-corrected chi connectivity index (χ2v) is 6.69. The van der Waals surface area contributed by atoms with E-state index in [1.165, 1.54) is 0 Å². The predicted molar refractivity (Wildman–Crippen MR) is 96.4 cm³/mol. The number of piperidine rings is 1. The van der Waals surface area contributed by atoms with Gasteiger partial charge in [-0.2, -0.15) is 0 Å². The summed E-state index contributed by atoms with van der Waals surface area (Å²) in [4.78, 5) is 41.2. The van der Waals surface area contributed by atoms with Crippen LogP contribution in [-0.4, -0.2) is 31.1 Å². The fraction of sp³-hybridized carbons (Fsp3) is 0.250. The molecular formula is C20H16N2O5. The third-order valence-corrected chi connectivity index (χ3v) is 5.12. The number of nitrogens with zero attached hydrogens (tertiary/aromatic N) is 2. The molecule has 0 spiro atoms. The molecule has 0 atom stereocenters. The van der Waals surface area contributed by atoms with E-state index in [2.05, 4.69) is 0 Å². The summed E-state index contributed by atoms with van der Waals surface area (Å²) in [5.41, 5.74) is 1.56. The third-order valence-electron chi connectivity index (χ3n) is 5.12. The van der Waals surface area contributed by atoms with Gasteiger partial charge in [0.05, 0.1) is 22.5 Å². The number of hydrogen-bond donors (Lipinski definition) is 0. The summed E-state index contributed by atoms with van der Waals surface area (Å²) in [5, 5.41) is 0. The van der Waals surface area contributed by atoms with Gasteiger partial charge in [0.1, 0.15) is 0 Å². The van der Waals surface area contributed by atoms with E-state index in [-0.39, 0.29) is 12.7 Å². The maximum Gasteiger partial charge on any atom is 0.266 e. The van der Waals surface area contributed by atoms with Crippen LogP contribution >= 0.6 is 0 Å². The zero-order valence-corrected chi connectivity index (χ0v) is 14.4. The zero-order valence-electron chi connectivity index (χ0n) is 14.4. The van der Waals surface area contributed by atoms with Crippen LogP contribution in [0.15, 0.2) is 36.4 Å². The normalized spacial score (nSPS) is 18.3. The lowest BCUT2D eigenvalue weighted by molar-refractivity contribution is -0.119. The van der Waals surface area contributed by atoms with E-state index in [9.17, 15) is 14.4 Å². The Morgan fingerprint density at radius 2 is 1.44 bits per heavy atom. The molecule has 0 unspecified atom stereocenters. The van der Waals surface area contributed by atoms with Gasteiger partial charge in [-0.05, 0) is 25.0 Å². The van der Waals surface area contributed by atoms with Crippen LogP contribution < -0.4 is 19.3 Å². The van der Waals surface area contributed by atoms with Crippen molar-refractivity contribution in [3.63, 3.8) is 0 Å². The Bertz CT molecular complexity index is 965. The van der Waals surface area contributed by atoms with Crippen LogP contribution in [-0.2, 0) is 4.79 Å². The molecule has 0 bridgehead atoms. The number of anilines is 2. The number of imide groups is 1. The standard InChI is InChI=1S/C20H16N2O5/c23-18-7-3-4-8-21(18)14-9-16-17(27-11-26-16)10-15(14)22-19(24)12-5-1-2-6-13(12)20(22)25/h1-2,5-6,9-10H,3-4,7-8,11H2. The summed E-state index contributed by atoms with van der Waals surface area (Å²) in [6.07, 6.45) is 2.14. The Morgan fingerprint density at radius 3 is 2.07 bits per heavy atom. The molecule has 5 rings (SSSR count). The summed E-state index contributed by atoms with van der Waals surface area (Å²) in [5.74, 6) is 0.122. The summed E-state index contributed by atoms with van der Waals surface area (Å²) in [7, 11) is 0. The van der Waals surface area contributed by atoms with Crippen LogP contribution in [0, 0.1) is 0 Å². The van der Waals surface area contributed by atoms with Crippen LogP contribution in [0.1, 0.15) is 40.0 Å². The van der Waals surface area contributed by atoms with Gasteiger partial charge in [0.25, 0.3) is 11.8 Å². The molecule has 3 aliphatic rings. The summed E-state index contributed by atoms with van der Waals surface area (Å²) in [6, 6.07) is 10.0. The molecule has 3 aliphatic heterocycles. The lowest BCUT2D eigenvalue weighted by Gasteiger charge is -2.30. The number of ether oxygens (including phenoxy) is 2. The predicted octanol–water partition coefficient (Wildman–Crippen LogP) is 2.73. The minimum atomic E-state index is -0.403. The number of rotatable bonds is 2. The topological polar surface area (TPSA) is 76.2 Å². The molecule has 2 aromatic rings. The molecule has 0 N–H and O–H groups in total. The third kappa shape index (κ3) is 2.31. The highest BCUT2D eigenvalue weighted by Crippen LogP contribution is 2.45. The Hall–Kier alpha value is -3.35. The van der Waals surface area contributed by atoms with Crippen molar-refractivity contribution >= 4 is 29.1 Å². The second-order valence-electron chi connectivity index (χ2n) is 6.69. The van der Waals surface area contributed by atoms with Gasteiger partial charge in [-0.25, -0.2) is 4.90 Å². The summed E-state index contributed by atoms with van der Waals surface area (Å²) < 4.78 is 10.9. The van der Waals surface area contributed by atoms with Crippen LogP contribution in [0.2, 0.25) is 0 Å². The summed E-state index contributed by atoms with van der Waals surface area (Å²) in [6.45, 7) is 0.600. The minimum absolute atomic E-state index is 0.0297. The Balaban J connectivity index is 1.67. The highest BCUT2D eigenvalue weighted by Gasteiger charge is 2.39. The van der Waals surface area contributed by atoms with Gasteiger partial charge >= 0.3 is 0 Å². The van der Waals surface area contributed by atoms with Crippen molar-refractivity contribution in [3.05, 3.63) is 47.5 Å². The van der Waals surface area contributed by atoms with Crippen molar-refractivity contribution < 1.29 is 23.9 Å². The quantitative estimate of drug-likeness (QED) is 0.766. The van der Waals surface area contributed by atoms with Crippen molar-refractivity contribution in [2.45, 2.75) is 19.3 Å². The largest absolute Gasteiger partial charge is 0.454 e. The first-order chi connectivity index (χ1) is 13.1. The van der Waals surface area contributed by atoms with Crippen molar-refractivity contribution in [1.29, 1.82) is 0 Å². The molecular weight excluding hydrogens is 348 g/mol. The zero-order chi connectivity index (χ0) is 18.5. The van der Waals surface area contributed by atoms with Gasteiger partial charge in [0.15, 0.2) is 11.5 Å². The molecule has 1 fully saturated rings. The lowest BCUT2D eigenvalue weighted by atomic mass is 10.1. The van der Waals surface area contributed by atoms with E-state index in [0.717, 1.165) is 17.7 Å². The van der Waals surface area contributed by atoms with Crippen molar-refractivity contribution in [2.24, 2.45) is 0 Å². The smallest absolute Gasteiger partial charge is 0.266 e. The van der Waals surface area contributed by atoms with Gasteiger partial charge < -0.3 is 14.4 Å². The van der Waals surface area contributed by atoms with Crippen LogP contribution in [0.25, 0.3) is 0 Å². The Kier molecular flexibility index (Phi) is 3.43. The number of carbonyl (C=O) groups excluding carboxylic acids is 3. The molecule has 1 saturated heterocycles. The fourth-order valence-electron chi connectivity index (χ4n) is 3.78. The number of fused-ring (bicyclic) bond motifs is 2. The first kappa shape index (κ1) is 15.9. The van der Waals surface area contributed by atoms with E-state index in [4.69, 9.17) is 9.47 Å². The molecule has 7 heteroatoms. The lowest BCUT2D eigenvalue weighted by Crippen LogP contribution is -2.38. The van der Waals surface area contributed by atoms with Gasteiger partial charge in [-0.3, -0.25) is 14.4 Å². The number of carbonyl (C=O) groups is 3. The van der Waals surface area contributed by atoms with E-state index >= 15 is 0 Å². The molecule has 3 amide bonds. The monoisotopic (exact) mass is 364 g/mol. The van der Waals surface area contributed by atoms with Crippen molar-refractivity contribution in [3.8, 4) is 11.5 Å². The highest BCUT2D eigenvalue weighted by atomic mass is 16.7. The molecule has 136 valence electrons. The van der Waals surface area contributed by atoms with Crippen LogP contribution in [0.4, 0.5) is 11.4 Å².